The van der Waals surface area contributed by atoms with Crippen molar-refractivity contribution in [2.45, 2.75) is 33.2 Å². The van der Waals surface area contributed by atoms with Crippen LogP contribution < -0.4 is 5.32 Å². The van der Waals surface area contributed by atoms with Crippen molar-refractivity contribution in [3.05, 3.63) is 33.1 Å². The number of thiazole rings is 1. The molecule has 0 aliphatic carbocycles. The van der Waals surface area contributed by atoms with Gasteiger partial charge in [0.1, 0.15) is 0 Å². The molecule has 0 bridgehead atoms. The first-order valence-corrected chi connectivity index (χ1v) is 9.37. The molecule has 2 aromatic heterocycles. The van der Waals surface area contributed by atoms with Crippen LogP contribution in [0.15, 0.2) is 21.2 Å². The molecule has 7 heteroatoms. The number of furan rings is 1. The lowest BCUT2D eigenvalue weighted by atomic mass is 9.99. The highest BCUT2D eigenvalue weighted by Crippen LogP contribution is 2.27. The van der Waals surface area contributed by atoms with E-state index in [4.69, 9.17) is 4.42 Å². The van der Waals surface area contributed by atoms with Gasteiger partial charge in [0, 0.05) is 11.4 Å². The zero-order chi connectivity index (χ0) is 16.4. The van der Waals surface area contributed by atoms with Crippen molar-refractivity contribution in [2.24, 2.45) is 5.92 Å². The fourth-order valence-electron chi connectivity index (χ4n) is 2.65. The van der Waals surface area contributed by atoms with E-state index < -0.39 is 0 Å². The minimum Gasteiger partial charge on any atom is -0.444 e. The molecule has 124 valence electrons. The molecule has 1 amide bonds. The molecular weight excluding hydrogens is 378 g/mol. The molecule has 3 rings (SSSR count). The molecule has 0 unspecified atom stereocenters. The summed E-state index contributed by atoms with van der Waals surface area (Å²) in [5, 5.41) is 3.44. The van der Waals surface area contributed by atoms with Crippen molar-refractivity contribution in [1.82, 2.24) is 9.88 Å². The van der Waals surface area contributed by atoms with Crippen LogP contribution in [-0.2, 0) is 6.54 Å². The van der Waals surface area contributed by atoms with Gasteiger partial charge in [0.05, 0.1) is 5.69 Å². The van der Waals surface area contributed by atoms with Crippen molar-refractivity contribution in [3.8, 4) is 0 Å². The van der Waals surface area contributed by atoms with Gasteiger partial charge in [-0.3, -0.25) is 15.0 Å². The minimum absolute atomic E-state index is 0.274. The summed E-state index contributed by atoms with van der Waals surface area (Å²) in [7, 11) is 0. The second-order valence-corrected chi connectivity index (χ2v) is 7.91. The molecule has 1 N–H and O–H groups in total. The van der Waals surface area contributed by atoms with E-state index in [1.54, 1.807) is 23.5 Å². The van der Waals surface area contributed by atoms with Gasteiger partial charge in [0.2, 0.25) is 0 Å². The Labute approximate surface area is 148 Å². The summed E-state index contributed by atoms with van der Waals surface area (Å²) in [6.45, 7) is 7.51. The van der Waals surface area contributed by atoms with E-state index in [9.17, 15) is 4.79 Å². The van der Waals surface area contributed by atoms with Crippen LogP contribution >= 0.6 is 27.3 Å². The number of hydrogen-bond donors (Lipinski definition) is 1. The summed E-state index contributed by atoms with van der Waals surface area (Å²) >= 11 is 4.74. The number of aromatic nitrogens is 1. The molecule has 0 aromatic carbocycles. The SMILES string of the molecule is Cc1nc(NC(=O)c2ccc(Br)o2)sc1CN1CCC(C)CC1. The number of likely N-dealkylation sites (tertiary alicyclic amines) is 1. The molecule has 0 atom stereocenters. The smallest absolute Gasteiger partial charge is 0.293 e. The Bertz CT molecular complexity index is 689. The van der Waals surface area contributed by atoms with Crippen LogP contribution in [0.3, 0.4) is 0 Å². The molecular formula is C16H20BrN3O2S. The zero-order valence-corrected chi connectivity index (χ0v) is 15.7. The van der Waals surface area contributed by atoms with E-state index >= 15 is 0 Å². The molecule has 0 spiro atoms. The van der Waals surface area contributed by atoms with E-state index in [-0.39, 0.29) is 11.7 Å². The number of nitrogens with one attached hydrogen (secondary N) is 1. The molecule has 1 aliphatic heterocycles. The van der Waals surface area contributed by atoms with E-state index in [1.165, 1.54) is 17.7 Å². The molecule has 1 fully saturated rings. The van der Waals surface area contributed by atoms with Crippen LogP contribution in [-0.4, -0.2) is 28.9 Å². The van der Waals surface area contributed by atoms with Crippen LogP contribution in [0.2, 0.25) is 0 Å². The topological polar surface area (TPSA) is 58.4 Å². The molecule has 0 radical (unpaired) electrons. The third-order valence-corrected chi connectivity index (χ3v) is 5.64. The average Bonchev–Trinajstić information content (AvgIpc) is 3.08. The van der Waals surface area contributed by atoms with Crippen molar-refractivity contribution in [1.29, 1.82) is 0 Å². The number of hydrogen-bond acceptors (Lipinski definition) is 5. The number of aryl methyl sites for hydroxylation is 1. The minimum atomic E-state index is -0.275. The number of carbonyl (C=O) groups is 1. The second kappa shape index (κ2) is 7.15. The predicted molar refractivity (Wildman–Crippen MR) is 94.9 cm³/mol. The third-order valence-electron chi connectivity index (χ3n) is 4.15. The molecule has 5 nitrogen and oxygen atoms in total. The van der Waals surface area contributed by atoms with E-state index in [2.05, 4.69) is 38.1 Å². The number of amides is 1. The maximum absolute atomic E-state index is 12.1. The Hall–Kier alpha value is -1.18. The number of anilines is 1. The quantitative estimate of drug-likeness (QED) is 0.835. The highest BCUT2D eigenvalue weighted by atomic mass is 79.9. The summed E-state index contributed by atoms with van der Waals surface area (Å²) in [6.07, 6.45) is 2.52. The maximum Gasteiger partial charge on any atom is 0.293 e. The van der Waals surface area contributed by atoms with Gasteiger partial charge in [-0.25, -0.2) is 4.98 Å². The summed E-state index contributed by atoms with van der Waals surface area (Å²) in [5.41, 5.74) is 0.990. The van der Waals surface area contributed by atoms with Crippen molar-refractivity contribution in [3.63, 3.8) is 0 Å². The highest BCUT2D eigenvalue weighted by Gasteiger charge is 2.19. The first kappa shape index (κ1) is 16.7. The highest BCUT2D eigenvalue weighted by molar-refractivity contribution is 9.10. The van der Waals surface area contributed by atoms with Gasteiger partial charge in [0.25, 0.3) is 5.91 Å². The fraction of sp³-hybridized carbons (Fsp3) is 0.500. The standard InChI is InChI=1S/C16H20BrN3O2S/c1-10-5-7-20(8-6-10)9-13-11(2)18-16(23-13)19-15(21)12-3-4-14(17)22-12/h3-4,10H,5-9H2,1-2H3,(H,18,19,21). The van der Waals surface area contributed by atoms with Gasteiger partial charge in [0.15, 0.2) is 15.6 Å². The van der Waals surface area contributed by atoms with Gasteiger partial charge >= 0.3 is 0 Å². The molecule has 2 aromatic rings. The van der Waals surface area contributed by atoms with Gasteiger partial charge in [-0.05, 0) is 66.8 Å². The van der Waals surface area contributed by atoms with E-state index in [1.807, 2.05) is 6.92 Å². The van der Waals surface area contributed by atoms with Crippen molar-refractivity contribution in [2.75, 3.05) is 18.4 Å². The lowest BCUT2D eigenvalue weighted by Gasteiger charge is -2.29. The van der Waals surface area contributed by atoms with Gasteiger partial charge < -0.3 is 4.42 Å². The third kappa shape index (κ3) is 4.22. The molecule has 1 saturated heterocycles. The Kier molecular flexibility index (Phi) is 5.18. The van der Waals surface area contributed by atoms with Crippen LogP contribution in [0.5, 0.6) is 0 Å². The van der Waals surface area contributed by atoms with Crippen molar-refractivity contribution < 1.29 is 9.21 Å². The summed E-state index contributed by atoms with van der Waals surface area (Å²) in [6, 6.07) is 3.33. The lowest BCUT2D eigenvalue weighted by Crippen LogP contribution is -2.32. The largest absolute Gasteiger partial charge is 0.444 e. The molecule has 1 aliphatic rings. The molecule has 0 saturated carbocycles. The van der Waals surface area contributed by atoms with E-state index in [0.29, 0.717) is 9.80 Å². The van der Waals surface area contributed by atoms with Gasteiger partial charge in [-0.1, -0.05) is 6.92 Å². The number of carbonyl (C=O) groups excluding carboxylic acids is 1. The zero-order valence-electron chi connectivity index (χ0n) is 13.3. The van der Waals surface area contributed by atoms with Crippen LogP contribution in [0.4, 0.5) is 5.13 Å². The second-order valence-electron chi connectivity index (χ2n) is 6.04. The van der Waals surface area contributed by atoms with Crippen LogP contribution in [0.1, 0.15) is 40.9 Å². The average molecular weight is 398 g/mol. The molecule has 3 heterocycles. The maximum atomic E-state index is 12.1. The Morgan fingerprint density at radius 2 is 2.22 bits per heavy atom. The van der Waals surface area contributed by atoms with Crippen molar-refractivity contribution >= 4 is 38.3 Å². The number of rotatable bonds is 4. The molecule has 23 heavy (non-hydrogen) atoms. The van der Waals surface area contributed by atoms with Crippen LogP contribution in [0.25, 0.3) is 0 Å². The monoisotopic (exact) mass is 397 g/mol. The Morgan fingerprint density at radius 1 is 1.48 bits per heavy atom. The predicted octanol–water partition coefficient (Wildman–Crippen LogP) is 4.29. The fourth-order valence-corrected chi connectivity index (χ4v) is 3.95. The summed E-state index contributed by atoms with van der Waals surface area (Å²) in [4.78, 5) is 20.3. The van der Waals surface area contributed by atoms with Gasteiger partial charge in [-0.2, -0.15) is 0 Å². The first-order chi connectivity index (χ1) is 11.0. The summed E-state index contributed by atoms with van der Waals surface area (Å²) < 4.78 is 5.80. The first-order valence-electron chi connectivity index (χ1n) is 7.76. The Balaban J connectivity index is 1.62. The van der Waals surface area contributed by atoms with Gasteiger partial charge in [-0.15, -0.1) is 11.3 Å². The number of piperidine rings is 1. The summed E-state index contributed by atoms with van der Waals surface area (Å²) in [5.74, 6) is 0.829. The van der Waals surface area contributed by atoms with Crippen LogP contribution in [0, 0.1) is 12.8 Å². The number of halogens is 1. The number of nitrogens with zero attached hydrogens (tertiary/aromatic N) is 2. The van der Waals surface area contributed by atoms with E-state index in [0.717, 1.165) is 31.2 Å². The Morgan fingerprint density at radius 3 is 2.87 bits per heavy atom. The normalized spacial score (nSPS) is 16.7. The lowest BCUT2D eigenvalue weighted by molar-refractivity contribution is 0.0995.